The van der Waals surface area contributed by atoms with Gasteiger partial charge in [-0.3, -0.25) is 9.88 Å². The second-order valence-corrected chi connectivity index (χ2v) is 10.0. The van der Waals surface area contributed by atoms with Gasteiger partial charge in [-0.1, -0.05) is 41.1 Å². The van der Waals surface area contributed by atoms with Gasteiger partial charge < -0.3 is 0 Å². The van der Waals surface area contributed by atoms with Crippen LogP contribution in [0.5, 0.6) is 0 Å². The fourth-order valence-corrected chi connectivity index (χ4v) is 5.94. The number of nitrogens with zero attached hydrogens (tertiary/aromatic N) is 2. The highest BCUT2D eigenvalue weighted by atomic mass is 79.9. The summed E-state index contributed by atoms with van der Waals surface area (Å²) in [4.78, 5) is 7.10. The number of aryl methyl sites for hydroxylation is 1. The highest BCUT2D eigenvalue weighted by Crippen LogP contribution is 2.24. The van der Waals surface area contributed by atoms with Gasteiger partial charge in [0.15, 0.2) is 0 Å². The molecule has 7 heteroatoms. The van der Waals surface area contributed by atoms with Crippen LogP contribution in [0.4, 0.5) is 0 Å². The van der Waals surface area contributed by atoms with Gasteiger partial charge in [0.2, 0.25) is 10.0 Å². The molecule has 1 atom stereocenters. The monoisotopic (exact) mass is 473 g/mol. The van der Waals surface area contributed by atoms with Crippen LogP contribution in [-0.2, 0) is 23.0 Å². The Hall–Kier alpha value is -1.80. The van der Waals surface area contributed by atoms with E-state index in [0.29, 0.717) is 17.9 Å². The molecule has 1 unspecified atom stereocenters. The Bertz CT molecular complexity index is 1130. The molecule has 1 aromatic heterocycles. The number of halogens is 1. The van der Waals surface area contributed by atoms with Crippen LogP contribution in [0.3, 0.4) is 0 Å². The van der Waals surface area contributed by atoms with Crippen LogP contribution in [0.1, 0.15) is 24.5 Å². The second kappa shape index (κ2) is 8.52. The van der Waals surface area contributed by atoms with E-state index in [0.717, 1.165) is 40.4 Å². The first-order valence-electron chi connectivity index (χ1n) is 9.82. The number of likely N-dealkylation sites (tertiary alicyclic amines) is 1. The molecule has 5 nitrogen and oxygen atoms in total. The zero-order chi connectivity index (χ0) is 20.4. The van der Waals surface area contributed by atoms with Gasteiger partial charge in [-0.15, -0.1) is 0 Å². The van der Waals surface area contributed by atoms with E-state index in [9.17, 15) is 8.42 Å². The highest BCUT2D eigenvalue weighted by molar-refractivity contribution is 9.10. The van der Waals surface area contributed by atoms with Gasteiger partial charge in [-0.25, -0.2) is 13.1 Å². The number of benzene rings is 2. The van der Waals surface area contributed by atoms with Crippen molar-refractivity contribution in [3.63, 3.8) is 0 Å². The van der Waals surface area contributed by atoms with Crippen molar-refractivity contribution in [1.82, 2.24) is 14.6 Å². The Kier molecular flexibility index (Phi) is 6.01. The van der Waals surface area contributed by atoms with E-state index >= 15 is 0 Å². The van der Waals surface area contributed by atoms with E-state index in [1.807, 2.05) is 37.4 Å². The lowest BCUT2D eigenvalue weighted by Crippen LogP contribution is -2.37. The molecule has 0 bridgehead atoms. The minimum absolute atomic E-state index is 0.0820. The lowest BCUT2D eigenvalue weighted by Gasteiger charge is -2.18. The van der Waals surface area contributed by atoms with Crippen molar-refractivity contribution in [2.24, 2.45) is 0 Å². The smallest absolute Gasteiger partial charge is 0.241 e. The Morgan fingerprint density at radius 3 is 2.83 bits per heavy atom. The van der Waals surface area contributed by atoms with E-state index in [4.69, 9.17) is 0 Å². The van der Waals surface area contributed by atoms with Crippen LogP contribution in [0.25, 0.3) is 10.9 Å². The molecule has 3 aromatic rings. The predicted octanol–water partition coefficient (Wildman–Crippen LogP) is 4.11. The van der Waals surface area contributed by atoms with Crippen molar-refractivity contribution in [2.75, 3.05) is 13.1 Å². The first kappa shape index (κ1) is 20.5. The minimum atomic E-state index is -3.54. The molecule has 152 valence electrons. The molecule has 1 N–H and O–H groups in total. The predicted molar refractivity (Wildman–Crippen MR) is 119 cm³/mol. The van der Waals surface area contributed by atoms with E-state index in [1.54, 1.807) is 12.1 Å². The number of hydrogen-bond donors (Lipinski definition) is 1. The Morgan fingerprint density at radius 2 is 2.00 bits per heavy atom. The van der Waals surface area contributed by atoms with E-state index in [-0.39, 0.29) is 6.04 Å². The third-order valence-corrected chi connectivity index (χ3v) is 7.53. The van der Waals surface area contributed by atoms with E-state index < -0.39 is 10.0 Å². The first-order valence-corrected chi connectivity index (χ1v) is 12.1. The number of pyridine rings is 1. The number of hydrogen-bond acceptors (Lipinski definition) is 4. The van der Waals surface area contributed by atoms with E-state index in [1.165, 1.54) is 5.56 Å². The Labute approximate surface area is 180 Å². The summed E-state index contributed by atoms with van der Waals surface area (Å²) >= 11 is 3.42. The molecule has 0 spiro atoms. The standard InChI is InChI=1S/C22H24BrN3O2S/c1-2-16-13-18(23)7-8-22(16)29(27,28)25-19-10-12-26(15-19)14-17-9-11-24-21-6-4-3-5-20(17)21/h3-9,11,13,19,25H,2,10,12,14-15H2,1H3. The van der Waals surface area contributed by atoms with Crippen molar-refractivity contribution in [2.45, 2.75) is 37.2 Å². The lowest BCUT2D eigenvalue weighted by atomic mass is 10.1. The SMILES string of the molecule is CCc1cc(Br)ccc1S(=O)(=O)NC1CCN(Cc2ccnc3ccccc23)C1. The van der Waals surface area contributed by atoms with Gasteiger partial charge in [-0.2, -0.15) is 0 Å². The second-order valence-electron chi connectivity index (χ2n) is 7.43. The molecule has 2 heterocycles. The molecular weight excluding hydrogens is 450 g/mol. The van der Waals surface area contributed by atoms with Crippen LogP contribution in [0.2, 0.25) is 0 Å². The van der Waals surface area contributed by atoms with Gasteiger partial charge in [0.25, 0.3) is 0 Å². The maximum absolute atomic E-state index is 13.0. The van der Waals surface area contributed by atoms with Gasteiger partial charge in [0, 0.05) is 41.7 Å². The number of aromatic nitrogens is 1. The molecule has 0 amide bonds. The normalized spacial score (nSPS) is 17.8. The van der Waals surface area contributed by atoms with Crippen molar-refractivity contribution in [3.05, 3.63) is 70.3 Å². The highest BCUT2D eigenvalue weighted by Gasteiger charge is 2.28. The van der Waals surface area contributed by atoms with Gasteiger partial charge in [0.05, 0.1) is 10.4 Å². The largest absolute Gasteiger partial charge is 0.297 e. The molecule has 1 fully saturated rings. The third-order valence-electron chi connectivity index (χ3n) is 5.42. The van der Waals surface area contributed by atoms with Crippen molar-refractivity contribution < 1.29 is 8.42 Å². The average molecular weight is 474 g/mol. The summed E-state index contributed by atoms with van der Waals surface area (Å²) in [6.07, 6.45) is 3.32. The summed E-state index contributed by atoms with van der Waals surface area (Å²) in [7, 11) is -3.54. The molecular formula is C22H24BrN3O2S. The molecule has 4 rings (SSSR count). The third kappa shape index (κ3) is 4.53. The Balaban J connectivity index is 1.46. The quantitative estimate of drug-likeness (QED) is 0.584. The van der Waals surface area contributed by atoms with Crippen LogP contribution < -0.4 is 4.72 Å². The molecule has 29 heavy (non-hydrogen) atoms. The van der Waals surface area contributed by atoms with Crippen LogP contribution >= 0.6 is 15.9 Å². The number of sulfonamides is 1. The maximum Gasteiger partial charge on any atom is 0.241 e. The van der Waals surface area contributed by atoms with Crippen LogP contribution in [0.15, 0.2) is 64.1 Å². The zero-order valence-corrected chi connectivity index (χ0v) is 18.7. The number of para-hydroxylation sites is 1. The summed E-state index contributed by atoms with van der Waals surface area (Å²) < 4.78 is 29.7. The Morgan fingerprint density at radius 1 is 1.17 bits per heavy atom. The molecule has 1 aliphatic rings. The number of fused-ring (bicyclic) bond motifs is 1. The fourth-order valence-electron chi connectivity index (χ4n) is 3.98. The summed E-state index contributed by atoms with van der Waals surface area (Å²) in [6.45, 7) is 4.33. The lowest BCUT2D eigenvalue weighted by molar-refractivity contribution is 0.326. The zero-order valence-electron chi connectivity index (χ0n) is 16.3. The van der Waals surface area contributed by atoms with Crippen molar-refractivity contribution >= 4 is 36.9 Å². The van der Waals surface area contributed by atoms with Crippen molar-refractivity contribution in [1.29, 1.82) is 0 Å². The summed E-state index contributed by atoms with van der Waals surface area (Å²) in [5.41, 5.74) is 3.04. The van der Waals surface area contributed by atoms with Crippen LogP contribution in [-0.4, -0.2) is 37.4 Å². The average Bonchev–Trinajstić information content (AvgIpc) is 3.14. The van der Waals surface area contributed by atoms with Gasteiger partial charge in [-0.05, 0) is 54.3 Å². The molecule has 1 aliphatic heterocycles. The summed E-state index contributed by atoms with van der Waals surface area (Å²) in [5, 5.41) is 1.15. The molecule has 0 saturated carbocycles. The molecule has 0 aliphatic carbocycles. The molecule has 1 saturated heterocycles. The molecule has 0 radical (unpaired) electrons. The fraction of sp³-hybridized carbons (Fsp3) is 0.318. The summed E-state index contributed by atoms with van der Waals surface area (Å²) in [5.74, 6) is 0. The number of nitrogens with one attached hydrogen (secondary N) is 1. The minimum Gasteiger partial charge on any atom is -0.297 e. The topological polar surface area (TPSA) is 62.3 Å². The maximum atomic E-state index is 13.0. The van der Waals surface area contributed by atoms with Gasteiger partial charge >= 0.3 is 0 Å². The molecule has 2 aromatic carbocycles. The van der Waals surface area contributed by atoms with E-state index in [2.05, 4.69) is 42.7 Å². The van der Waals surface area contributed by atoms with Crippen LogP contribution in [0, 0.1) is 0 Å². The number of rotatable bonds is 6. The first-order chi connectivity index (χ1) is 14.0. The summed E-state index contributed by atoms with van der Waals surface area (Å²) in [6, 6.07) is 15.4. The van der Waals surface area contributed by atoms with Gasteiger partial charge in [0.1, 0.15) is 0 Å². The van der Waals surface area contributed by atoms with Crippen molar-refractivity contribution in [3.8, 4) is 0 Å².